The number of carbonyl (C=O) groups is 1. The molecule has 0 bridgehead atoms. The van der Waals surface area contributed by atoms with E-state index < -0.39 is 6.04 Å². The zero-order chi connectivity index (χ0) is 14.4. The lowest BCUT2D eigenvalue weighted by Gasteiger charge is -2.19. The third kappa shape index (κ3) is 3.86. The van der Waals surface area contributed by atoms with Gasteiger partial charge in [0.2, 0.25) is 0 Å². The zero-order valence-electron chi connectivity index (χ0n) is 11.9. The maximum absolute atomic E-state index is 11.5. The van der Waals surface area contributed by atoms with Crippen molar-refractivity contribution in [2.75, 3.05) is 20.8 Å². The Morgan fingerprint density at radius 1 is 1.26 bits per heavy atom. The molecule has 0 aliphatic carbocycles. The standard InChI is InChI=1S/C14H21NO4/c1-5-19-13(16)8-10(15)14-11(17-3)6-9(2)7-12(14)18-4/h6-7,10H,5,8,15H2,1-4H3/t10-/m0/s1. The van der Waals surface area contributed by atoms with Crippen LogP contribution in [0.2, 0.25) is 0 Å². The molecule has 1 rings (SSSR count). The maximum Gasteiger partial charge on any atom is 0.307 e. The van der Waals surface area contributed by atoms with Gasteiger partial charge < -0.3 is 19.9 Å². The number of ether oxygens (including phenoxy) is 3. The largest absolute Gasteiger partial charge is 0.496 e. The highest BCUT2D eigenvalue weighted by molar-refractivity contribution is 5.71. The van der Waals surface area contributed by atoms with E-state index in [0.29, 0.717) is 23.7 Å². The first-order valence-electron chi connectivity index (χ1n) is 6.17. The van der Waals surface area contributed by atoms with Gasteiger partial charge in [-0.05, 0) is 31.5 Å². The van der Waals surface area contributed by atoms with E-state index in [1.165, 1.54) is 0 Å². The molecular formula is C14H21NO4. The number of rotatable bonds is 6. The van der Waals surface area contributed by atoms with E-state index in [1.54, 1.807) is 21.1 Å². The van der Waals surface area contributed by atoms with Crippen LogP contribution < -0.4 is 15.2 Å². The smallest absolute Gasteiger partial charge is 0.307 e. The van der Waals surface area contributed by atoms with Crippen molar-refractivity contribution in [3.05, 3.63) is 23.3 Å². The number of hydrogen-bond acceptors (Lipinski definition) is 5. The molecule has 106 valence electrons. The predicted molar refractivity (Wildman–Crippen MR) is 72.5 cm³/mol. The highest BCUT2D eigenvalue weighted by Gasteiger charge is 2.21. The van der Waals surface area contributed by atoms with E-state index in [1.807, 2.05) is 19.1 Å². The third-order valence-corrected chi connectivity index (χ3v) is 2.75. The summed E-state index contributed by atoms with van der Waals surface area (Å²) in [6.07, 6.45) is 0.0869. The summed E-state index contributed by atoms with van der Waals surface area (Å²) >= 11 is 0. The topological polar surface area (TPSA) is 70.8 Å². The van der Waals surface area contributed by atoms with Crippen LogP contribution >= 0.6 is 0 Å². The van der Waals surface area contributed by atoms with Gasteiger partial charge in [-0.2, -0.15) is 0 Å². The molecule has 0 aliphatic rings. The number of aryl methyl sites for hydroxylation is 1. The van der Waals surface area contributed by atoms with Crippen molar-refractivity contribution >= 4 is 5.97 Å². The van der Waals surface area contributed by atoms with E-state index in [-0.39, 0.29) is 12.4 Å². The quantitative estimate of drug-likeness (QED) is 0.798. The summed E-state index contributed by atoms with van der Waals surface area (Å²) in [4.78, 5) is 11.5. The van der Waals surface area contributed by atoms with Gasteiger partial charge in [0.1, 0.15) is 11.5 Å². The first-order chi connectivity index (χ1) is 9.03. The van der Waals surface area contributed by atoms with E-state index in [0.717, 1.165) is 5.56 Å². The molecule has 0 aromatic heterocycles. The third-order valence-electron chi connectivity index (χ3n) is 2.75. The van der Waals surface area contributed by atoms with Crippen LogP contribution in [0.5, 0.6) is 11.5 Å². The van der Waals surface area contributed by atoms with Gasteiger partial charge in [-0.3, -0.25) is 4.79 Å². The van der Waals surface area contributed by atoms with Gasteiger partial charge in [0, 0.05) is 6.04 Å². The number of benzene rings is 1. The zero-order valence-corrected chi connectivity index (χ0v) is 11.9. The molecule has 1 aromatic carbocycles. The van der Waals surface area contributed by atoms with E-state index in [9.17, 15) is 4.79 Å². The minimum absolute atomic E-state index is 0.0869. The lowest BCUT2D eigenvalue weighted by Crippen LogP contribution is -2.19. The van der Waals surface area contributed by atoms with Gasteiger partial charge in [0.15, 0.2) is 0 Å². The molecular weight excluding hydrogens is 246 g/mol. The summed E-state index contributed by atoms with van der Waals surface area (Å²) in [6, 6.07) is 3.20. The maximum atomic E-state index is 11.5. The highest BCUT2D eigenvalue weighted by Crippen LogP contribution is 2.35. The molecule has 1 atom stereocenters. The van der Waals surface area contributed by atoms with Crippen molar-refractivity contribution in [2.45, 2.75) is 26.3 Å². The summed E-state index contributed by atoms with van der Waals surface area (Å²) in [5.41, 5.74) is 7.75. The Morgan fingerprint density at radius 3 is 2.21 bits per heavy atom. The molecule has 0 saturated carbocycles. The van der Waals surface area contributed by atoms with E-state index in [4.69, 9.17) is 19.9 Å². The number of hydrogen-bond donors (Lipinski definition) is 1. The van der Waals surface area contributed by atoms with Gasteiger partial charge in [-0.1, -0.05) is 0 Å². The fourth-order valence-electron chi connectivity index (χ4n) is 1.94. The fourth-order valence-corrected chi connectivity index (χ4v) is 1.94. The average Bonchev–Trinajstić information content (AvgIpc) is 2.37. The molecule has 5 nitrogen and oxygen atoms in total. The average molecular weight is 267 g/mol. The summed E-state index contributed by atoms with van der Waals surface area (Å²) in [6.45, 7) is 4.04. The van der Waals surface area contributed by atoms with Gasteiger partial charge in [0.25, 0.3) is 0 Å². The first kappa shape index (κ1) is 15.3. The molecule has 1 aromatic rings. The second-order valence-corrected chi connectivity index (χ2v) is 4.20. The Labute approximate surface area is 113 Å². The van der Waals surface area contributed by atoms with Crippen LogP contribution in [0.3, 0.4) is 0 Å². The molecule has 0 fully saturated rings. The fraction of sp³-hybridized carbons (Fsp3) is 0.500. The van der Waals surface area contributed by atoms with E-state index >= 15 is 0 Å². The van der Waals surface area contributed by atoms with Gasteiger partial charge in [0.05, 0.1) is 32.8 Å². The molecule has 2 N–H and O–H groups in total. The summed E-state index contributed by atoms with van der Waals surface area (Å²) < 4.78 is 15.5. The van der Waals surface area contributed by atoms with Gasteiger partial charge in [-0.25, -0.2) is 0 Å². The van der Waals surface area contributed by atoms with Crippen LogP contribution in [0.1, 0.15) is 30.5 Å². The monoisotopic (exact) mass is 267 g/mol. The number of carbonyl (C=O) groups excluding carboxylic acids is 1. The Kier molecular flexibility index (Phi) is 5.63. The number of nitrogens with two attached hydrogens (primary N) is 1. The predicted octanol–water partition coefficient (Wildman–Crippen LogP) is 1.97. The van der Waals surface area contributed by atoms with Crippen LogP contribution in [0, 0.1) is 6.92 Å². The lowest BCUT2D eigenvalue weighted by molar-refractivity contribution is -0.143. The Balaban J connectivity index is 3.06. The molecule has 19 heavy (non-hydrogen) atoms. The molecule has 0 spiro atoms. The number of esters is 1. The molecule has 0 unspecified atom stereocenters. The van der Waals surface area contributed by atoms with Crippen molar-refractivity contribution in [1.29, 1.82) is 0 Å². The van der Waals surface area contributed by atoms with Crippen molar-refractivity contribution in [3.8, 4) is 11.5 Å². The van der Waals surface area contributed by atoms with E-state index in [2.05, 4.69) is 0 Å². The Bertz CT molecular complexity index is 420. The second kappa shape index (κ2) is 6.99. The van der Waals surface area contributed by atoms with Crippen molar-refractivity contribution in [3.63, 3.8) is 0 Å². The SMILES string of the molecule is CCOC(=O)C[C@H](N)c1c(OC)cc(C)cc1OC. The molecule has 5 heteroatoms. The molecule has 0 heterocycles. The molecule has 0 saturated heterocycles. The van der Waals surface area contributed by atoms with Gasteiger partial charge >= 0.3 is 5.97 Å². The Hall–Kier alpha value is -1.75. The first-order valence-corrected chi connectivity index (χ1v) is 6.17. The van der Waals surface area contributed by atoms with Crippen LogP contribution in [0.4, 0.5) is 0 Å². The summed E-state index contributed by atoms with van der Waals surface area (Å²) in [7, 11) is 3.13. The van der Waals surface area contributed by atoms with Crippen molar-refractivity contribution in [1.82, 2.24) is 0 Å². The Morgan fingerprint density at radius 2 is 1.79 bits per heavy atom. The summed E-state index contributed by atoms with van der Waals surface area (Å²) in [5.74, 6) is 0.905. The summed E-state index contributed by atoms with van der Waals surface area (Å²) in [5, 5.41) is 0. The van der Waals surface area contributed by atoms with Crippen LogP contribution in [-0.4, -0.2) is 26.8 Å². The van der Waals surface area contributed by atoms with Gasteiger partial charge in [-0.15, -0.1) is 0 Å². The van der Waals surface area contributed by atoms with Crippen LogP contribution in [0.15, 0.2) is 12.1 Å². The molecule has 0 amide bonds. The normalized spacial score (nSPS) is 11.8. The molecule has 0 radical (unpaired) electrons. The highest BCUT2D eigenvalue weighted by atomic mass is 16.5. The number of methoxy groups -OCH3 is 2. The minimum atomic E-state index is -0.524. The second-order valence-electron chi connectivity index (χ2n) is 4.20. The van der Waals surface area contributed by atoms with Crippen LogP contribution in [-0.2, 0) is 9.53 Å². The van der Waals surface area contributed by atoms with Crippen molar-refractivity contribution in [2.24, 2.45) is 5.73 Å². The van der Waals surface area contributed by atoms with Crippen LogP contribution in [0.25, 0.3) is 0 Å². The van der Waals surface area contributed by atoms with Crippen molar-refractivity contribution < 1.29 is 19.0 Å². The lowest BCUT2D eigenvalue weighted by atomic mass is 10.0. The molecule has 0 aliphatic heterocycles. The minimum Gasteiger partial charge on any atom is -0.496 e.